The van der Waals surface area contributed by atoms with Crippen LogP contribution in [-0.2, 0) is 17.5 Å². The Labute approximate surface area is 202 Å². The molecule has 0 fully saturated rings. The second kappa shape index (κ2) is 12.0. The van der Waals surface area contributed by atoms with E-state index in [1.165, 1.54) is 6.07 Å². The zero-order valence-corrected chi connectivity index (χ0v) is 18.9. The van der Waals surface area contributed by atoms with Crippen LogP contribution in [0.25, 0.3) is 0 Å². The first-order chi connectivity index (χ1) is 16.4. The van der Waals surface area contributed by atoms with E-state index >= 15 is 0 Å². The van der Waals surface area contributed by atoms with Gasteiger partial charge in [-0.15, -0.1) is 0 Å². The number of alkyl halides is 6. The summed E-state index contributed by atoms with van der Waals surface area (Å²) in [6.07, 6.45) is -9.82. The van der Waals surface area contributed by atoms with Gasteiger partial charge in [0.25, 0.3) is 5.56 Å². The Morgan fingerprint density at radius 2 is 1.75 bits per heavy atom. The number of hydrogen-bond acceptors (Lipinski definition) is 7. The number of aliphatic hydroxyl groups excluding tert-OH is 1. The molecule has 1 aromatic heterocycles. The fourth-order valence-corrected chi connectivity index (χ4v) is 3.00. The summed E-state index contributed by atoms with van der Waals surface area (Å²) in [5.74, 6) is -3.96. The molecule has 200 valence electrons. The van der Waals surface area contributed by atoms with E-state index in [9.17, 15) is 45.8 Å². The number of nitrogens with one attached hydrogen (secondary N) is 2. The number of rotatable bonds is 7. The highest BCUT2D eigenvalue weighted by molar-refractivity contribution is 6.30. The third-order valence-corrected chi connectivity index (χ3v) is 4.70. The predicted molar refractivity (Wildman–Crippen MR) is 114 cm³/mol. The zero-order valence-electron chi connectivity index (χ0n) is 18.1. The number of halogens is 7. The predicted octanol–water partition coefficient (Wildman–Crippen LogP) is 1.95. The van der Waals surface area contributed by atoms with E-state index in [-0.39, 0.29) is 22.9 Å². The maximum Gasteiger partial charge on any atom is 0.490 e. The van der Waals surface area contributed by atoms with E-state index in [0.29, 0.717) is 6.07 Å². The molecule has 0 aliphatic rings. The number of aliphatic carboxylic acids is 1. The van der Waals surface area contributed by atoms with Gasteiger partial charge in [-0.1, -0.05) is 17.7 Å². The number of H-pyrrole nitrogens is 1. The summed E-state index contributed by atoms with van der Waals surface area (Å²) in [6.45, 7) is 0.288. The molecule has 0 saturated heterocycles. The number of carboxylic acid groups (broad SMARTS) is 1. The molecule has 0 aliphatic heterocycles. The first-order valence-electron chi connectivity index (χ1n) is 9.62. The van der Waals surface area contributed by atoms with E-state index in [2.05, 4.69) is 5.32 Å². The van der Waals surface area contributed by atoms with Crippen molar-refractivity contribution >= 4 is 29.2 Å². The summed E-state index contributed by atoms with van der Waals surface area (Å²) in [6, 6.07) is 1.74. The normalized spacial score (nSPS) is 12.5. The van der Waals surface area contributed by atoms with Gasteiger partial charge in [-0.2, -0.15) is 26.3 Å². The molecule has 0 spiro atoms. The Morgan fingerprint density at radius 1 is 1.19 bits per heavy atom. The molecule has 36 heavy (non-hydrogen) atoms. The third kappa shape index (κ3) is 7.82. The van der Waals surface area contributed by atoms with Crippen molar-refractivity contribution in [2.75, 3.05) is 18.9 Å². The molecular weight excluding hydrogens is 530 g/mol. The van der Waals surface area contributed by atoms with Gasteiger partial charge in [-0.25, -0.2) is 9.59 Å². The van der Waals surface area contributed by atoms with E-state index in [1.54, 1.807) is 6.92 Å². The zero-order chi connectivity index (χ0) is 28.0. The molecule has 0 saturated carbocycles. The minimum atomic E-state index is -5.08. The smallest absolute Gasteiger partial charge is 0.475 e. The minimum absolute atomic E-state index is 0.0914. The minimum Gasteiger partial charge on any atom is -0.475 e. The number of anilines is 1. The molecule has 6 N–H and O–H groups in total. The molecule has 1 heterocycles. The second-order valence-corrected chi connectivity index (χ2v) is 7.27. The molecule has 1 unspecified atom stereocenters. The molecule has 0 aliphatic carbocycles. The van der Waals surface area contributed by atoms with E-state index in [4.69, 9.17) is 27.2 Å². The Hall–Kier alpha value is -3.37. The highest BCUT2D eigenvalue weighted by Gasteiger charge is 2.38. The van der Waals surface area contributed by atoms with Crippen molar-refractivity contribution in [3.05, 3.63) is 60.8 Å². The summed E-state index contributed by atoms with van der Waals surface area (Å²) in [5, 5.41) is 19.0. The van der Waals surface area contributed by atoms with Crippen molar-refractivity contribution in [3.8, 4) is 0 Å². The number of nitrogens with two attached hydrogens (primary N) is 1. The molecule has 10 nitrogen and oxygen atoms in total. The lowest BCUT2D eigenvalue weighted by atomic mass is 10.00. The SMILES string of the molecule is CCn1c(N)c(C(=O)CNC(CO)c2ccc(Cl)cc2C(F)(F)F)c(=O)[nH]c1=O.O=C(O)C(F)(F)F. The molecule has 0 amide bonds. The quantitative estimate of drug-likeness (QED) is 0.258. The largest absolute Gasteiger partial charge is 0.490 e. The highest BCUT2D eigenvalue weighted by atomic mass is 35.5. The average Bonchev–Trinajstić information content (AvgIpc) is 2.74. The third-order valence-electron chi connectivity index (χ3n) is 4.46. The van der Waals surface area contributed by atoms with Gasteiger partial charge in [0.05, 0.1) is 24.8 Å². The number of carboxylic acids is 1. The van der Waals surface area contributed by atoms with E-state index < -0.39 is 65.7 Å². The van der Waals surface area contributed by atoms with Gasteiger partial charge in [0.2, 0.25) is 0 Å². The van der Waals surface area contributed by atoms with E-state index in [0.717, 1.165) is 10.6 Å². The topological polar surface area (TPSA) is 168 Å². The van der Waals surface area contributed by atoms with Gasteiger partial charge in [0.1, 0.15) is 11.4 Å². The van der Waals surface area contributed by atoms with Crippen molar-refractivity contribution in [2.45, 2.75) is 31.9 Å². The number of hydrogen-bond donors (Lipinski definition) is 5. The number of carbonyl (C=O) groups excluding carboxylic acids is 1. The monoisotopic (exact) mass is 548 g/mol. The first-order valence-corrected chi connectivity index (χ1v) is 10.00. The van der Waals surface area contributed by atoms with Crippen molar-refractivity contribution in [1.82, 2.24) is 14.9 Å². The number of aromatic amines is 1. The van der Waals surface area contributed by atoms with Crippen LogP contribution in [0.3, 0.4) is 0 Å². The lowest BCUT2D eigenvalue weighted by Gasteiger charge is -2.21. The Morgan fingerprint density at radius 3 is 2.19 bits per heavy atom. The number of benzene rings is 1. The van der Waals surface area contributed by atoms with Gasteiger partial charge in [-0.3, -0.25) is 19.1 Å². The van der Waals surface area contributed by atoms with Gasteiger partial charge >= 0.3 is 24.0 Å². The lowest BCUT2D eigenvalue weighted by molar-refractivity contribution is -0.192. The van der Waals surface area contributed by atoms with Crippen LogP contribution in [0.2, 0.25) is 5.02 Å². The van der Waals surface area contributed by atoms with Crippen LogP contribution in [0.4, 0.5) is 32.2 Å². The molecule has 17 heteroatoms. The number of ketones is 1. The van der Waals surface area contributed by atoms with Gasteiger partial charge < -0.3 is 21.3 Å². The summed E-state index contributed by atoms with van der Waals surface area (Å²) in [7, 11) is 0. The van der Waals surface area contributed by atoms with Gasteiger partial charge in [0, 0.05) is 11.6 Å². The molecule has 0 bridgehead atoms. The average molecular weight is 549 g/mol. The van der Waals surface area contributed by atoms with Crippen LogP contribution in [0.5, 0.6) is 0 Å². The maximum absolute atomic E-state index is 13.3. The van der Waals surface area contributed by atoms with Crippen LogP contribution in [0.15, 0.2) is 27.8 Å². The summed E-state index contributed by atoms with van der Waals surface area (Å²) < 4.78 is 72.6. The fraction of sp³-hybridized carbons (Fsp3) is 0.368. The molecule has 1 atom stereocenters. The molecular formula is C19H19ClF6N4O6. The number of aliphatic hydroxyl groups is 1. The van der Waals surface area contributed by atoms with Crippen molar-refractivity contribution in [1.29, 1.82) is 0 Å². The van der Waals surface area contributed by atoms with Crippen LogP contribution in [0.1, 0.15) is 34.5 Å². The molecule has 2 rings (SSSR count). The summed E-state index contributed by atoms with van der Waals surface area (Å²) in [5.41, 5.74) is 2.04. The number of nitrogens with zero attached hydrogens (tertiary/aromatic N) is 1. The van der Waals surface area contributed by atoms with Gasteiger partial charge in [-0.05, 0) is 24.6 Å². The van der Waals surface area contributed by atoms with Crippen LogP contribution in [-0.4, -0.2) is 50.8 Å². The first kappa shape index (κ1) is 30.7. The number of carbonyl (C=O) groups is 2. The standard InChI is InChI=1S/C17H18ClF3N4O4.C2HF3O2/c1-2-25-14(22)13(15(28)24-16(25)29)12(27)6-23-11(7-26)9-4-3-8(18)5-10(9)17(19,20)21;3-2(4,5)1(6)7/h3-5,11,23,26H,2,6-7,22H2,1H3,(H,24,28,29);(H,6,7). The Kier molecular flexibility index (Phi) is 10.3. The Bertz CT molecular complexity index is 1220. The highest BCUT2D eigenvalue weighted by Crippen LogP contribution is 2.36. The maximum atomic E-state index is 13.3. The van der Waals surface area contributed by atoms with Crippen LogP contribution in [0, 0.1) is 0 Å². The lowest BCUT2D eigenvalue weighted by Crippen LogP contribution is -2.39. The van der Waals surface area contributed by atoms with Crippen molar-refractivity contribution in [2.24, 2.45) is 0 Å². The molecule has 0 radical (unpaired) electrons. The summed E-state index contributed by atoms with van der Waals surface area (Å²) in [4.78, 5) is 46.9. The second-order valence-electron chi connectivity index (χ2n) is 6.84. The molecule has 1 aromatic carbocycles. The van der Waals surface area contributed by atoms with Crippen LogP contribution < -0.4 is 22.3 Å². The number of nitrogen functional groups attached to an aromatic ring is 1. The van der Waals surface area contributed by atoms with Crippen LogP contribution >= 0.6 is 11.6 Å². The van der Waals surface area contributed by atoms with Gasteiger partial charge in [0.15, 0.2) is 5.78 Å². The fourth-order valence-electron chi connectivity index (χ4n) is 2.83. The summed E-state index contributed by atoms with van der Waals surface area (Å²) >= 11 is 5.64. The van der Waals surface area contributed by atoms with Crippen molar-refractivity contribution < 1.29 is 46.1 Å². The molecule has 2 aromatic rings. The number of Topliss-reactive ketones (excluding diaryl/α,β-unsaturated/α-hetero) is 1. The number of aromatic nitrogens is 2. The Balaban J connectivity index is 0.000000809. The van der Waals surface area contributed by atoms with E-state index in [1.807, 2.05) is 4.98 Å². The van der Waals surface area contributed by atoms with Crippen molar-refractivity contribution in [3.63, 3.8) is 0 Å².